The molecule has 0 spiro atoms. The van der Waals surface area contributed by atoms with Crippen molar-refractivity contribution in [3.05, 3.63) is 83.4 Å². The van der Waals surface area contributed by atoms with Gasteiger partial charge in [-0.25, -0.2) is 0 Å². The van der Waals surface area contributed by atoms with Gasteiger partial charge in [-0.15, -0.1) is 0 Å². The molecule has 0 heterocycles. The standard InChI is InChI=1S/C25H28N2/c1-4-27(15-14-19-8-6-5-7-9-19)23-13-11-21-16-20-10-12-22(26(2)3)17-24(20)25(21)18-23/h5-13,17-18H,4,14-16H2,1-3H3. The summed E-state index contributed by atoms with van der Waals surface area (Å²) in [5.41, 5.74) is 9.70. The molecule has 0 saturated heterocycles. The summed E-state index contributed by atoms with van der Waals surface area (Å²) in [6.07, 6.45) is 2.13. The topological polar surface area (TPSA) is 6.48 Å². The number of nitrogens with zero attached hydrogens (tertiary/aromatic N) is 2. The zero-order valence-electron chi connectivity index (χ0n) is 16.6. The summed E-state index contributed by atoms with van der Waals surface area (Å²) >= 11 is 0. The molecule has 0 N–H and O–H groups in total. The van der Waals surface area contributed by atoms with Gasteiger partial charge in [0.1, 0.15) is 0 Å². The number of likely N-dealkylation sites (N-methyl/N-ethyl adjacent to an activating group) is 1. The normalized spacial score (nSPS) is 11.8. The summed E-state index contributed by atoms with van der Waals surface area (Å²) in [6.45, 7) is 4.32. The predicted octanol–water partition coefficient (Wildman–Crippen LogP) is 5.39. The van der Waals surface area contributed by atoms with E-state index in [9.17, 15) is 0 Å². The third-order valence-electron chi connectivity index (χ3n) is 5.63. The zero-order chi connectivity index (χ0) is 18.8. The van der Waals surface area contributed by atoms with Gasteiger partial charge in [0.25, 0.3) is 0 Å². The zero-order valence-corrected chi connectivity index (χ0v) is 16.6. The molecule has 138 valence electrons. The van der Waals surface area contributed by atoms with Gasteiger partial charge < -0.3 is 9.80 Å². The van der Waals surface area contributed by atoms with Crippen LogP contribution in [0.4, 0.5) is 11.4 Å². The van der Waals surface area contributed by atoms with E-state index in [0.29, 0.717) is 0 Å². The molecule has 0 fully saturated rings. The molecule has 0 bridgehead atoms. The Hall–Kier alpha value is -2.74. The molecule has 0 aliphatic heterocycles. The average molecular weight is 357 g/mol. The monoisotopic (exact) mass is 356 g/mol. The summed E-state index contributed by atoms with van der Waals surface area (Å²) < 4.78 is 0. The number of benzene rings is 3. The quantitative estimate of drug-likeness (QED) is 0.457. The first-order chi connectivity index (χ1) is 13.2. The first-order valence-electron chi connectivity index (χ1n) is 9.88. The summed E-state index contributed by atoms with van der Waals surface area (Å²) in [5, 5.41) is 0. The molecule has 3 aromatic rings. The number of anilines is 2. The molecule has 0 saturated carbocycles. The maximum absolute atomic E-state index is 2.49. The van der Waals surface area contributed by atoms with Crippen molar-refractivity contribution in [1.82, 2.24) is 0 Å². The third kappa shape index (κ3) is 3.57. The molecule has 1 aliphatic rings. The van der Waals surface area contributed by atoms with Crippen LogP contribution in [-0.2, 0) is 12.8 Å². The molecule has 2 nitrogen and oxygen atoms in total. The minimum absolute atomic E-state index is 1.02. The van der Waals surface area contributed by atoms with Crippen molar-refractivity contribution < 1.29 is 0 Å². The van der Waals surface area contributed by atoms with Crippen LogP contribution >= 0.6 is 0 Å². The molecule has 0 amide bonds. The van der Waals surface area contributed by atoms with E-state index in [4.69, 9.17) is 0 Å². The lowest BCUT2D eigenvalue weighted by Gasteiger charge is -2.24. The van der Waals surface area contributed by atoms with Crippen molar-refractivity contribution in [2.45, 2.75) is 19.8 Å². The van der Waals surface area contributed by atoms with Crippen LogP contribution < -0.4 is 9.80 Å². The largest absolute Gasteiger partial charge is 0.378 e. The van der Waals surface area contributed by atoms with Crippen LogP contribution in [0, 0.1) is 0 Å². The van der Waals surface area contributed by atoms with Crippen LogP contribution in [-0.4, -0.2) is 27.2 Å². The highest BCUT2D eigenvalue weighted by Crippen LogP contribution is 2.40. The lowest BCUT2D eigenvalue weighted by molar-refractivity contribution is 0.809. The summed E-state index contributed by atoms with van der Waals surface area (Å²) in [5.74, 6) is 0. The Kier molecular flexibility index (Phi) is 4.89. The van der Waals surface area contributed by atoms with Gasteiger partial charge in [0, 0.05) is 38.6 Å². The maximum atomic E-state index is 2.49. The van der Waals surface area contributed by atoms with Gasteiger partial charge in [0.15, 0.2) is 0 Å². The van der Waals surface area contributed by atoms with Crippen LogP contribution in [0.3, 0.4) is 0 Å². The highest BCUT2D eigenvalue weighted by Gasteiger charge is 2.20. The van der Waals surface area contributed by atoms with E-state index in [1.807, 2.05) is 0 Å². The van der Waals surface area contributed by atoms with E-state index in [1.54, 1.807) is 0 Å². The smallest absolute Gasteiger partial charge is 0.0372 e. The number of fused-ring (bicyclic) bond motifs is 3. The minimum Gasteiger partial charge on any atom is -0.378 e. The van der Waals surface area contributed by atoms with E-state index < -0.39 is 0 Å². The fraction of sp³-hybridized carbons (Fsp3) is 0.280. The second-order valence-corrected chi connectivity index (χ2v) is 7.57. The van der Waals surface area contributed by atoms with Gasteiger partial charge in [-0.1, -0.05) is 42.5 Å². The molecule has 1 aliphatic carbocycles. The van der Waals surface area contributed by atoms with Crippen LogP contribution in [0.1, 0.15) is 23.6 Å². The molecule has 3 aromatic carbocycles. The van der Waals surface area contributed by atoms with Gasteiger partial charge in [-0.05, 0) is 71.8 Å². The second-order valence-electron chi connectivity index (χ2n) is 7.57. The van der Waals surface area contributed by atoms with Crippen molar-refractivity contribution in [3.63, 3.8) is 0 Å². The Balaban J connectivity index is 1.60. The molecular formula is C25H28N2. The lowest BCUT2D eigenvalue weighted by atomic mass is 10.0. The van der Waals surface area contributed by atoms with Crippen LogP contribution in [0.15, 0.2) is 66.7 Å². The molecule has 0 radical (unpaired) electrons. The van der Waals surface area contributed by atoms with E-state index in [0.717, 1.165) is 25.9 Å². The summed E-state index contributed by atoms with van der Waals surface area (Å²) in [6, 6.07) is 24.6. The highest BCUT2D eigenvalue weighted by atomic mass is 15.1. The van der Waals surface area contributed by atoms with Crippen LogP contribution in [0.25, 0.3) is 11.1 Å². The fourth-order valence-corrected chi connectivity index (χ4v) is 4.00. The van der Waals surface area contributed by atoms with Gasteiger partial charge in [0.2, 0.25) is 0 Å². The van der Waals surface area contributed by atoms with Crippen LogP contribution in [0.2, 0.25) is 0 Å². The van der Waals surface area contributed by atoms with Crippen molar-refractivity contribution in [3.8, 4) is 11.1 Å². The van der Waals surface area contributed by atoms with E-state index in [-0.39, 0.29) is 0 Å². The Morgan fingerprint density at radius 2 is 1.41 bits per heavy atom. The van der Waals surface area contributed by atoms with Crippen molar-refractivity contribution in [1.29, 1.82) is 0 Å². The average Bonchev–Trinajstić information content (AvgIpc) is 3.06. The SMILES string of the molecule is CCN(CCc1ccccc1)c1ccc2c(c1)-c1cc(N(C)C)ccc1C2. The molecule has 0 atom stereocenters. The Bertz CT molecular complexity index is 928. The van der Waals surface area contributed by atoms with Gasteiger partial charge in [-0.3, -0.25) is 0 Å². The van der Waals surface area contributed by atoms with E-state index >= 15 is 0 Å². The molecule has 27 heavy (non-hydrogen) atoms. The Labute approximate surface area is 163 Å². The minimum atomic E-state index is 1.02. The highest BCUT2D eigenvalue weighted by molar-refractivity contribution is 5.82. The molecule has 0 aromatic heterocycles. The lowest BCUT2D eigenvalue weighted by Crippen LogP contribution is -2.25. The second kappa shape index (κ2) is 7.48. The molecule has 0 unspecified atom stereocenters. The molecule has 4 rings (SSSR count). The number of rotatable bonds is 6. The van der Waals surface area contributed by atoms with Gasteiger partial charge in [0.05, 0.1) is 0 Å². The molecule has 2 heteroatoms. The summed E-state index contributed by atoms with van der Waals surface area (Å²) in [4.78, 5) is 4.67. The molecular weight excluding hydrogens is 328 g/mol. The first-order valence-corrected chi connectivity index (χ1v) is 9.88. The van der Waals surface area contributed by atoms with Gasteiger partial charge in [-0.2, -0.15) is 0 Å². The number of hydrogen-bond acceptors (Lipinski definition) is 2. The Morgan fingerprint density at radius 3 is 2.04 bits per heavy atom. The maximum Gasteiger partial charge on any atom is 0.0372 e. The van der Waals surface area contributed by atoms with Crippen molar-refractivity contribution >= 4 is 11.4 Å². The van der Waals surface area contributed by atoms with Gasteiger partial charge >= 0.3 is 0 Å². The van der Waals surface area contributed by atoms with Crippen molar-refractivity contribution in [2.75, 3.05) is 37.0 Å². The number of hydrogen-bond donors (Lipinski definition) is 0. The first kappa shape index (κ1) is 17.7. The third-order valence-corrected chi connectivity index (χ3v) is 5.63. The van der Waals surface area contributed by atoms with E-state index in [2.05, 4.69) is 97.5 Å². The predicted molar refractivity (Wildman–Crippen MR) is 117 cm³/mol. The Morgan fingerprint density at radius 1 is 0.778 bits per heavy atom. The van der Waals surface area contributed by atoms with Crippen LogP contribution in [0.5, 0.6) is 0 Å². The van der Waals surface area contributed by atoms with E-state index in [1.165, 1.54) is 39.2 Å². The fourth-order valence-electron chi connectivity index (χ4n) is 4.00. The summed E-state index contributed by atoms with van der Waals surface area (Å²) in [7, 11) is 4.22. The van der Waals surface area contributed by atoms with Crippen molar-refractivity contribution in [2.24, 2.45) is 0 Å².